The lowest BCUT2D eigenvalue weighted by Crippen LogP contribution is -2.11. The number of rotatable bonds is 8. The highest BCUT2D eigenvalue weighted by Crippen LogP contribution is 2.42. The minimum atomic E-state index is 0.905. The van der Waals surface area contributed by atoms with Gasteiger partial charge in [-0.05, 0) is 122 Å². The van der Waals surface area contributed by atoms with Crippen LogP contribution in [-0.4, -0.2) is 0 Å². The Labute approximate surface area is 349 Å². The van der Waals surface area contributed by atoms with Gasteiger partial charge in [0.1, 0.15) is 11.2 Å². The van der Waals surface area contributed by atoms with Gasteiger partial charge in [0.05, 0.1) is 5.69 Å². The Morgan fingerprint density at radius 1 is 0.267 bits per heavy atom. The minimum absolute atomic E-state index is 0.905. The second kappa shape index (κ2) is 15.1. The van der Waals surface area contributed by atoms with E-state index < -0.39 is 0 Å². The second-order valence-electron chi connectivity index (χ2n) is 15.3. The monoisotopic (exact) mass is 765 g/mol. The lowest BCUT2D eigenvalue weighted by Gasteiger charge is -2.28. The zero-order valence-electron chi connectivity index (χ0n) is 32.9. The molecule has 11 aromatic rings. The molecule has 0 spiro atoms. The lowest BCUT2D eigenvalue weighted by atomic mass is 9.96. The van der Waals surface area contributed by atoms with E-state index in [0.29, 0.717) is 0 Å². The molecule has 0 fully saturated rings. The van der Waals surface area contributed by atoms with Crippen LogP contribution >= 0.6 is 0 Å². The van der Waals surface area contributed by atoms with Crippen LogP contribution in [0.25, 0.3) is 88.3 Å². The highest BCUT2D eigenvalue weighted by Gasteiger charge is 2.18. The predicted octanol–water partition coefficient (Wildman–Crippen LogP) is 16.5. The molecule has 0 radical (unpaired) electrons. The molecule has 0 unspecified atom stereocenters. The van der Waals surface area contributed by atoms with Gasteiger partial charge in [-0.15, -0.1) is 0 Å². The molecule has 0 aliphatic rings. The molecule has 0 N–H and O–H groups in total. The Bertz CT molecular complexity index is 3290. The van der Waals surface area contributed by atoms with E-state index in [2.05, 4.69) is 229 Å². The van der Waals surface area contributed by atoms with Gasteiger partial charge in [-0.3, -0.25) is 0 Å². The maximum absolute atomic E-state index is 6.12. The largest absolute Gasteiger partial charge is 0.456 e. The summed E-state index contributed by atoms with van der Waals surface area (Å²) in [7, 11) is 0. The molecule has 2 heteroatoms. The van der Waals surface area contributed by atoms with Crippen molar-refractivity contribution in [1.29, 1.82) is 0 Å². The number of anilines is 3. The summed E-state index contributed by atoms with van der Waals surface area (Å²) in [6.45, 7) is 0. The summed E-state index contributed by atoms with van der Waals surface area (Å²) >= 11 is 0. The quantitative estimate of drug-likeness (QED) is 0.153. The lowest BCUT2D eigenvalue weighted by molar-refractivity contribution is 0.669. The summed E-state index contributed by atoms with van der Waals surface area (Å²) in [6, 6.07) is 84.9. The highest BCUT2D eigenvalue weighted by molar-refractivity contribution is 6.06. The molecule has 11 rings (SSSR count). The summed E-state index contributed by atoms with van der Waals surface area (Å²) in [5, 5.41) is 4.78. The van der Waals surface area contributed by atoms with E-state index in [0.717, 1.165) is 50.1 Å². The number of para-hydroxylation sites is 2. The van der Waals surface area contributed by atoms with Crippen molar-refractivity contribution in [2.45, 2.75) is 0 Å². The molecule has 1 aromatic heterocycles. The molecule has 0 saturated heterocycles. The van der Waals surface area contributed by atoms with Crippen LogP contribution in [-0.2, 0) is 0 Å². The van der Waals surface area contributed by atoms with Crippen molar-refractivity contribution in [3.63, 3.8) is 0 Å². The topological polar surface area (TPSA) is 16.4 Å². The van der Waals surface area contributed by atoms with Crippen LogP contribution in [0.5, 0.6) is 0 Å². The van der Waals surface area contributed by atoms with Gasteiger partial charge in [0.25, 0.3) is 0 Å². The fourth-order valence-electron chi connectivity index (χ4n) is 8.57. The number of nitrogens with zero attached hydrogens (tertiary/aromatic N) is 1. The summed E-state index contributed by atoms with van der Waals surface area (Å²) in [6.07, 6.45) is 0. The van der Waals surface area contributed by atoms with Gasteiger partial charge in [-0.2, -0.15) is 0 Å². The first-order valence-corrected chi connectivity index (χ1v) is 20.5. The average molecular weight is 766 g/mol. The smallest absolute Gasteiger partial charge is 0.135 e. The summed E-state index contributed by atoms with van der Waals surface area (Å²) in [4.78, 5) is 2.37. The third-order valence-electron chi connectivity index (χ3n) is 11.7. The number of benzene rings is 10. The van der Waals surface area contributed by atoms with Gasteiger partial charge in [-0.25, -0.2) is 0 Å². The van der Waals surface area contributed by atoms with E-state index in [4.69, 9.17) is 4.42 Å². The number of hydrogen-bond donors (Lipinski definition) is 0. The third kappa shape index (κ3) is 6.61. The Morgan fingerprint density at radius 2 is 0.750 bits per heavy atom. The van der Waals surface area contributed by atoms with E-state index in [1.165, 1.54) is 55.3 Å². The van der Waals surface area contributed by atoms with E-state index in [-0.39, 0.29) is 0 Å². The Kier molecular flexibility index (Phi) is 8.87. The average Bonchev–Trinajstić information content (AvgIpc) is 3.71. The molecule has 1 heterocycles. The number of fused-ring (bicyclic) bond motifs is 4. The molecule has 0 bridgehead atoms. The standard InChI is InChI=1S/C58H39NO/c1-2-12-45(13-3-1)53-17-6-8-19-56(53)59(52-34-29-44(30-35-52)50-31-36-58-55(39-50)54-18-7-9-20-57(54)60-58)51-32-27-42(28-33-51)41-21-23-43(24-22-41)47-15-10-16-48(37-47)49-26-25-40-11-4-5-14-46(40)38-49/h1-39H. The zero-order valence-corrected chi connectivity index (χ0v) is 32.9. The van der Waals surface area contributed by atoms with E-state index >= 15 is 0 Å². The number of hydrogen-bond acceptors (Lipinski definition) is 2. The van der Waals surface area contributed by atoms with Gasteiger partial charge >= 0.3 is 0 Å². The Balaban J connectivity index is 0.915. The molecule has 0 amide bonds. The fraction of sp³-hybridized carbons (Fsp3) is 0. The molecule has 10 aromatic carbocycles. The van der Waals surface area contributed by atoms with Crippen LogP contribution in [0.1, 0.15) is 0 Å². The molecule has 0 atom stereocenters. The van der Waals surface area contributed by atoms with Crippen molar-refractivity contribution >= 4 is 49.8 Å². The van der Waals surface area contributed by atoms with Crippen LogP contribution in [0.4, 0.5) is 17.1 Å². The van der Waals surface area contributed by atoms with Crippen molar-refractivity contribution in [2.24, 2.45) is 0 Å². The van der Waals surface area contributed by atoms with Crippen molar-refractivity contribution in [2.75, 3.05) is 4.90 Å². The molecular formula is C58H39NO. The maximum atomic E-state index is 6.12. The molecule has 2 nitrogen and oxygen atoms in total. The first-order chi connectivity index (χ1) is 29.7. The van der Waals surface area contributed by atoms with Gasteiger partial charge in [0.15, 0.2) is 0 Å². The Morgan fingerprint density at radius 3 is 1.48 bits per heavy atom. The van der Waals surface area contributed by atoms with Crippen LogP contribution in [0.3, 0.4) is 0 Å². The van der Waals surface area contributed by atoms with Crippen molar-refractivity contribution in [1.82, 2.24) is 0 Å². The first-order valence-electron chi connectivity index (χ1n) is 20.5. The summed E-state index contributed by atoms with van der Waals surface area (Å²) in [5.41, 5.74) is 17.0. The second-order valence-corrected chi connectivity index (χ2v) is 15.3. The minimum Gasteiger partial charge on any atom is -0.456 e. The van der Waals surface area contributed by atoms with Crippen LogP contribution in [0.15, 0.2) is 241 Å². The highest BCUT2D eigenvalue weighted by atomic mass is 16.3. The summed E-state index contributed by atoms with van der Waals surface area (Å²) in [5.74, 6) is 0. The van der Waals surface area contributed by atoms with Crippen LogP contribution < -0.4 is 4.90 Å². The fourth-order valence-corrected chi connectivity index (χ4v) is 8.57. The van der Waals surface area contributed by atoms with Crippen molar-refractivity contribution in [3.8, 4) is 55.6 Å². The Hall–Kier alpha value is -7.94. The summed E-state index contributed by atoms with van der Waals surface area (Å²) < 4.78 is 6.12. The van der Waals surface area contributed by atoms with Gasteiger partial charge in [0, 0.05) is 27.7 Å². The molecule has 0 aliphatic carbocycles. The van der Waals surface area contributed by atoms with Gasteiger partial charge in [-0.1, -0.05) is 176 Å². The third-order valence-corrected chi connectivity index (χ3v) is 11.7. The number of furan rings is 1. The maximum Gasteiger partial charge on any atom is 0.135 e. The van der Waals surface area contributed by atoms with Crippen molar-refractivity contribution < 1.29 is 4.42 Å². The predicted molar refractivity (Wildman–Crippen MR) is 253 cm³/mol. The normalized spacial score (nSPS) is 11.3. The molecule has 60 heavy (non-hydrogen) atoms. The molecule has 282 valence electrons. The van der Waals surface area contributed by atoms with Gasteiger partial charge in [0.2, 0.25) is 0 Å². The zero-order chi connectivity index (χ0) is 39.8. The van der Waals surface area contributed by atoms with E-state index in [1.54, 1.807) is 0 Å². The SMILES string of the molecule is c1ccc(-c2ccccc2N(c2ccc(-c3ccc(-c4cccc(-c5ccc6ccccc6c5)c4)cc3)cc2)c2ccc(-c3ccc4oc5ccccc5c4c3)cc2)cc1. The van der Waals surface area contributed by atoms with Gasteiger partial charge < -0.3 is 9.32 Å². The van der Waals surface area contributed by atoms with E-state index in [1.807, 2.05) is 12.1 Å². The first kappa shape index (κ1) is 35.2. The van der Waals surface area contributed by atoms with Crippen LogP contribution in [0.2, 0.25) is 0 Å². The van der Waals surface area contributed by atoms with Crippen LogP contribution in [0, 0.1) is 0 Å². The van der Waals surface area contributed by atoms with E-state index in [9.17, 15) is 0 Å². The molecular weight excluding hydrogens is 727 g/mol. The van der Waals surface area contributed by atoms with Crippen molar-refractivity contribution in [3.05, 3.63) is 237 Å². The molecule has 0 aliphatic heterocycles. The molecule has 0 saturated carbocycles.